The fourth-order valence-electron chi connectivity index (χ4n) is 4.66. The zero-order valence-electron chi connectivity index (χ0n) is 15.6. The highest BCUT2D eigenvalue weighted by Gasteiger charge is 2.40. The summed E-state index contributed by atoms with van der Waals surface area (Å²) in [4.78, 5) is 17.1. The van der Waals surface area contributed by atoms with Crippen molar-refractivity contribution >= 4 is 16.8 Å². The van der Waals surface area contributed by atoms with E-state index in [-0.39, 0.29) is 11.8 Å². The number of benzene rings is 2. The van der Waals surface area contributed by atoms with Crippen LogP contribution in [0.2, 0.25) is 0 Å². The molecule has 0 saturated carbocycles. The molecule has 2 N–H and O–H groups in total. The summed E-state index contributed by atoms with van der Waals surface area (Å²) >= 11 is 0. The van der Waals surface area contributed by atoms with Crippen molar-refractivity contribution in [3.63, 3.8) is 0 Å². The van der Waals surface area contributed by atoms with Gasteiger partial charge in [0.15, 0.2) is 0 Å². The van der Waals surface area contributed by atoms with Gasteiger partial charge in [0.1, 0.15) is 0 Å². The third-order valence-electron chi connectivity index (χ3n) is 5.97. The van der Waals surface area contributed by atoms with Crippen LogP contribution in [0.1, 0.15) is 28.3 Å². The van der Waals surface area contributed by atoms with Gasteiger partial charge in [-0.1, -0.05) is 42.5 Å². The van der Waals surface area contributed by atoms with Crippen molar-refractivity contribution in [2.75, 3.05) is 20.3 Å². The second kappa shape index (κ2) is 6.22. The lowest BCUT2D eigenvalue weighted by atomic mass is 9.89. The Morgan fingerprint density at radius 2 is 1.81 bits per heavy atom. The molecule has 0 aliphatic carbocycles. The Morgan fingerprint density at radius 1 is 1.07 bits per heavy atom. The van der Waals surface area contributed by atoms with E-state index in [1.165, 1.54) is 27.7 Å². The van der Waals surface area contributed by atoms with Gasteiger partial charge < -0.3 is 15.2 Å². The maximum atomic E-state index is 12.9. The summed E-state index contributed by atoms with van der Waals surface area (Å²) in [6, 6.07) is 17.0. The number of carbonyl (C=O) groups is 1. The minimum absolute atomic E-state index is 0.0572. The van der Waals surface area contributed by atoms with E-state index in [0.29, 0.717) is 13.2 Å². The summed E-state index contributed by atoms with van der Waals surface area (Å²) in [6.07, 6.45) is 0. The fraction of sp³-hybridized carbons (Fsp3) is 0.318. The Bertz CT molecular complexity index is 1020. The first-order valence-electron chi connectivity index (χ1n) is 9.51. The summed E-state index contributed by atoms with van der Waals surface area (Å²) < 4.78 is 2.40. The first-order chi connectivity index (χ1) is 13.2. The second-order valence-electron chi connectivity index (χ2n) is 7.73. The van der Waals surface area contributed by atoms with Gasteiger partial charge in [0.05, 0.1) is 12.6 Å². The fourth-order valence-corrected chi connectivity index (χ4v) is 4.66. The molecule has 5 rings (SSSR count). The quantitative estimate of drug-likeness (QED) is 0.781. The molecule has 1 saturated heterocycles. The number of amides is 1. The van der Waals surface area contributed by atoms with E-state index >= 15 is 0 Å². The maximum Gasteiger partial charge on any atom is 0.232 e. The van der Waals surface area contributed by atoms with Crippen LogP contribution in [0.5, 0.6) is 0 Å². The van der Waals surface area contributed by atoms with Crippen LogP contribution in [0, 0.1) is 0 Å². The molecule has 3 aromatic rings. The lowest BCUT2D eigenvalue weighted by molar-refractivity contribution is -0.139. The van der Waals surface area contributed by atoms with Crippen molar-refractivity contribution in [2.24, 2.45) is 5.73 Å². The number of fused-ring (bicyclic) bond motifs is 6. The van der Waals surface area contributed by atoms with Crippen molar-refractivity contribution in [2.45, 2.75) is 25.6 Å². The van der Waals surface area contributed by atoms with Gasteiger partial charge in [-0.15, -0.1) is 0 Å². The molecule has 2 unspecified atom stereocenters. The van der Waals surface area contributed by atoms with Crippen LogP contribution in [-0.2, 0) is 24.4 Å². The first kappa shape index (κ1) is 16.5. The Balaban J connectivity index is 1.65. The number of hydrogen-bond donors (Lipinski definition) is 1. The average molecular weight is 360 g/mol. The van der Waals surface area contributed by atoms with Gasteiger partial charge in [-0.3, -0.25) is 9.69 Å². The van der Waals surface area contributed by atoms with E-state index in [4.69, 9.17) is 5.73 Å². The molecular formula is C22H24N4O. The molecule has 5 heteroatoms. The molecule has 3 heterocycles. The smallest absolute Gasteiger partial charge is 0.232 e. The van der Waals surface area contributed by atoms with E-state index in [1.807, 2.05) is 11.9 Å². The molecule has 138 valence electrons. The zero-order chi connectivity index (χ0) is 18.5. The summed E-state index contributed by atoms with van der Waals surface area (Å²) in [6.45, 7) is 3.80. The molecule has 1 fully saturated rings. The predicted molar refractivity (Wildman–Crippen MR) is 106 cm³/mol. The minimum Gasteiger partial charge on any atom is -0.339 e. The minimum atomic E-state index is -0.0572. The normalized spacial score (nSPS) is 21.6. The highest BCUT2D eigenvalue weighted by atomic mass is 16.2. The molecular weight excluding hydrogens is 336 g/mol. The molecule has 27 heavy (non-hydrogen) atoms. The number of rotatable bonds is 3. The van der Waals surface area contributed by atoms with Crippen LogP contribution in [0.3, 0.4) is 0 Å². The van der Waals surface area contributed by atoms with Crippen LogP contribution >= 0.6 is 0 Å². The maximum absolute atomic E-state index is 12.9. The molecule has 2 aliphatic heterocycles. The monoisotopic (exact) mass is 360 g/mol. The largest absolute Gasteiger partial charge is 0.339 e. The van der Waals surface area contributed by atoms with Gasteiger partial charge in [0.2, 0.25) is 5.91 Å². The van der Waals surface area contributed by atoms with Crippen molar-refractivity contribution in [1.82, 2.24) is 14.4 Å². The van der Waals surface area contributed by atoms with Gasteiger partial charge in [-0.2, -0.15) is 0 Å². The SMILES string of the molecule is CN1CN2Cc3c(c4ccccc4n3Cc3ccc(CN)cc3)C(C2)C1=O. The Morgan fingerprint density at radius 3 is 2.59 bits per heavy atom. The van der Waals surface area contributed by atoms with Gasteiger partial charge in [-0.25, -0.2) is 0 Å². The molecule has 0 spiro atoms. The van der Waals surface area contributed by atoms with Crippen LogP contribution in [0.15, 0.2) is 48.5 Å². The molecule has 0 radical (unpaired) electrons. The highest BCUT2D eigenvalue weighted by molar-refractivity contribution is 5.94. The number of aromatic nitrogens is 1. The first-order valence-corrected chi connectivity index (χ1v) is 9.51. The molecule has 2 bridgehead atoms. The Kier molecular flexibility index (Phi) is 3.81. The summed E-state index contributed by atoms with van der Waals surface area (Å²) in [5.41, 5.74) is 11.9. The summed E-state index contributed by atoms with van der Waals surface area (Å²) in [5.74, 6) is 0.181. The van der Waals surface area contributed by atoms with Crippen LogP contribution in [0.4, 0.5) is 0 Å². The zero-order valence-corrected chi connectivity index (χ0v) is 15.6. The standard InChI is InChI=1S/C22H24N4O/c1-24-14-25-12-18(22(24)27)21-17-4-2-3-5-19(17)26(20(21)13-25)11-16-8-6-15(10-23)7-9-16/h2-9,18H,10-14,23H2,1H3. The van der Waals surface area contributed by atoms with Gasteiger partial charge in [0, 0.05) is 49.8 Å². The molecule has 5 nitrogen and oxygen atoms in total. The number of carbonyl (C=O) groups excluding carboxylic acids is 1. The lowest BCUT2D eigenvalue weighted by Gasteiger charge is -2.42. The third-order valence-corrected chi connectivity index (χ3v) is 5.97. The van der Waals surface area contributed by atoms with E-state index in [1.54, 1.807) is 0 Å². The molecule has 1 amide bonds. The number of para-hydroxylation sites is 1. The van der Waals surface area contributed by atoms with Crippen LogP contribution in [0.25, 0.3) is 10.9 Å². The van der Waals surface area contributed by atoms with Crippen molar-refractivity contribution in [1.29, 1.82) is 0 Å². The highest BCUT2D eigenvalue weighted by Crippen LogP contribution is 2.40. The average Bonchev–Trinajstić information content (AvgIpc) is 3.00. The topological polar surface area (TPSA) is 54.5 Å². The molecule has 1 aromatic heterocycles. The number of hydrogen-bond acceptors (Lipinski definition) is 3. The van der Waals surface area contributed by atoms with E-state index in [0.717, 1.165) is 25.2 Å². The molecule has 2 aliphatic rings. The van der Waals surface area contributed by atoms with Crippen LogP contribution < -0.4 is 5.73 Å². The Labute approximate surface area is 159 Å². The molecule has 2 atom stereocenters. The second-order valence-corrected chi connectivity index (χ2v) is 7.73. The van der Waals surface area contributed by atoms with E-state index in [9.17, 15) is 4.79 Å². The number of nitrogens with two attached hydrogens (primary N) is 1. The van der Waals surface area contributed by atoms with Crippen LogP contribution in [-0.4, -0.2) is 40.5 Å². The van der Waals surface area contributed by atoms with Gasteiger partial charge in [0.25, 0.3) is 0 Å². The Hall–Kier alpha value is -2.63. The van der Waals surface area contributed by atoms with Crippen molar-refractivity contribution < 1.29 is 4.79 Å². The summed E-state index contributed by atoms with van der Waals surface area (Å²) in [7, 11) is 1.91. The van der Waals surface area contributed by atoms with Crippen molar-refractivity contribution in [3.05, 3.63) is 70.9 Å². The third kappa shape index (κ3) is 2.58. The predicted octanol–water partition coefficient (Wildman–Crippen LogP) is 2.48. The van der Waals surface area contributed by atoms with Crippen molar-refractivity contribution in [3.8, 4) is 0 Å². The van der Waals surface area contributed by atoms with E-state index in [2.05, 4.69) is 58.0 Å². The van der Waals surface area contributed by atoms with Gasteiger partial charge >= 0.3 is 0 Å². The molecule has 2 aromatic carbocycles. The number of nitrogens with zero attached hydrogens (tertiary/aromatic N) is 3. The lowest BCUT2D eigenvalue weighted by Crippen LogP contribution is -2.52. The van der Waals surface area contributed by atoms with E-state index < -0.39 is 0 Å². The summed E-state index contributed by atoms with van der Waals surface area (Å²) in [5, 5.41) is 1.22. The van der Waals surface area contributed by atoms with Gasteiger partial charge in [-0.05, 0) is 22.8 Å². The number of likely N-dealkylation sites (N-methyl/N-ethyl adjacent to an activating group) is 1.